The minimum absolute atomic E-state index is 0.0681. The summed E-state index contributed by atoms with van der Waals surface area (Å²) < 4.78 is 25.3. The van der Waals surface area contributed by atoms with Crippen LogP contribution in [0, 0.1) is 13.8 Å². The largest absolute Gasteiger partial charge is 0.691 e. The van der Waals surface area contributed by atoms with Gasteiger partial charge in [0, 0.05) is 36.4 Å². The van der Waals surface area contributed by atoms with Gasteiger partial charge in [0.05, 0.1) is 31.1 Å². The molecule has 0 aromatic carbocycles. The molecule has 0 bridgehead atoms. The summed E-state index contributed by atoms with van der Waals surface area (Å²) in [5.74, 6) is 0. The number of aliphatic hydroxyl groups excluding tert-OH is 2. The Morgan fingerprint density at radius 3 is 2.08 bits per heavy atom. The first-order valence-corrected chi connectivity index (χ1v) is 14.9. The highest BCUT2D eigenvalue weighted by Crippen LogP contribution is 2.51. The quantitative estimate of drug-likeness (QED) is 0.217. The Labute approximate surface area is 219 Å². The summed E-state index contributed by atoms with van der Waals surface area (Å²) in [5, 5.41) is 20.2. The van der Waals surface area contributed by atoms with Crippen LogP contribution in [0.1, 0.15) is 36.4 Å². The predicted octanol–water partition coefficient (Wildman–Crippen LogP) is -1.19. The topological polar surface area (TPSA) is 187 Å². The fourth-order valence-electron chi connectivity index (χ4n) is 4.14. The van der Waals surface area contributed by atoms with Crippen molar-refractivity contribution in [1.29, 1.82) is 0 Å². The highest BCUT2D eigenvalue weighted by Gasteiger charge is 2.39. The van der Waals surface area contributed by atoms with Crippen LogP contribution in [0.3, 0.4) is 0 Å². The molecule has 4 heterocycles. The second kappa shape index (κ2) is 11.1. The number of aromatic amines is 2. The lowest BCUT2D eigenvalue weighted by Crippen LogP contribution is -2.33. The molecule has 4 N–H and O–H groups in total. The van der Waals surface area contributed by atoms with E-state index in [-0.39, 0.29) is 19.4 Å². The molecule has 2 aliphatic rings. The number of rotatable bonds is 8. The molecule has 0 amide bonds. The lowest BCUT2D eigenvalue weighted by molar-refractivity contribution is -0.0485. The number of nitrogens with one attached hydrogen (secondary N) is 2. The van der Waals surface area contributed by atoms with E-state index in [0.717, 1.165) is 0 Å². The molecule has 17 heteroatoms. The standard InChI is InChI=1S/C20H27N4O10PS2/c1-9-5-23(19(29)21-17(9)27)15-3-11(26)14(33-15)8-31-35(36,37)34-12-4-16(32-13(12)7-25)24-6-10(2)18(28)22-20(24)30/h5-6,11-16,25-26H,3-4,7-8H2,1-2H3,(H,36,37)(H,21,27,29)(H,22,28,30)/p-1/t11-,12-,13+,14+,15+,16+/m0/s1. The third-order valence-corrected chi connectivity index (χ3v) is 8.28. The van der Waals surface area contributed by atoms with E-state index in [1.54, 1.807) is 0 Å². The van der Waals surface area contributed by atoms with E-state index < -0.39 is 71.7 Å². The smallest absolute Gasteiger partial charge is 0.330 e. The van der Waals surface area contributed by atoms with Crippen molar-refractivity contribution < 1.29 is 28.7 Å². The zero-order chi connectivity index (χ0) is 27.1. The molecular formula is C20H26N4O10PS2-. The number of hydrogen-bond donors (Lipinski definition) is 4. The van der Waals surface area contributed by atoms with Crippen molar-refractivity contribution in [2.24, 2.45) is 0 Å². The van der Waals surface area contributed by atoms with Gasteiger partial charge in [0.25, 0.3) is 11.1 Å². The molecular weight excluding hydrogens is 551 g/mol. The van der Waals surface area contributed by atoms with E-state index in [0.29, 0.717) is 11.1 Å². The maximum absolute atomic E-state index is 12.2. The Hall–Kier alpha value is -1.88. The van der Waals surface area contributed by atoms with Crippen LogP contribution in [0.15, 0.2) is 31.6 Å². The highest BCUT2D eigenvalue weighted by molar-refractivity contribution is 8.51. The molecule has 2 fully saturated rings. The number of ether oxygens (including phenoxy) is 2. The molecule has 0 radical (unpaired) electrons. The van der Waals surface area contributed by atoms with Crippen molar-refractivity contribution in [3.05, 3.63) is 65.2 Å². The first kappa shape index (κ1) is 28.1. The summed E-state index contributed by atoms with van der Waals surface area (Å²) in [4.78, 5) is 52.0. The second-order valence-electron chi connectivity index (χ2n) is 8.82. The van der Waals surface area contributed by atoms with Gasteiger partial charge in [0.15, 0.2) is 0 Å². The molecule has 1 unspecified atom stereocenters. The lowest BCUT2D eigenvalue weighted by atomic mass is 10.2. The van der Waals surface area contributed by atoms with Crippen LogP contribution in [0.5, 0.6) is 0 Å². The van der Waals surface area contributed by atoms with Crippen molar-refractivity contribution in [3.8, 4) is 0 Å². The summed E-state index contributed by atoms with van der Waals surface area (Å²) in [6.07, 6.45) is -2.33. The summed E-state index contributed by atoms with van der Waals surface area (Å²) in [5.41, 5.74) is -5.12. The molecule has 0 spiro atoms. The third-order valence-electron chi connectivity index (χ3n) is 6.14. The molecule has 2 aliphatic heterocycles. The van der Waals surface area contributed by atoms with Gasteiger partial charge in [-0.3, -0.25) is 28.7 Å². The molecule has 2 aromatic heterocycles. The van der Waals surface area contributed by atoms with Gasteiger partial charge in [0.1, 0.15) is 24.7 Å². The molecule has 2 aromatic rings. The van der Waals surface area contributed by atoms with E-state index in [2.05, 4.69) is 9.97 Å². The van der Waals surface area contributed by atoms with Gasteiger partial charge in [-0.05, 0) is 13.8 Å². The molecule has 0 saturated carbocycles. The Bertz CT molecular complexity index is 1440. The van der Waals surface area contributed by atoms with E-state index in [1.807, 2.05) is 0 Å². The zero-order valence-corrected chi connectivity index (χ0v) is 22.3. The zero-order valence-electron chi connectivity index (χ0n) is 19.8. The highest BCUT2D eigenvalue weighted by atomic mass is 32.9. The van der Waals surface area contributed by atoms with Gasteiger partial charge < -0.3 is 41.0 Å². The van der Waals surface area contributed by atoms with Gasteiger partial charge in [-0.1, -0.05) is 11.8 Å². The number of aliphatic hydroxyl groups is 2. The van der Waals surface area contributed by atoms with Crippen LogP contribution in [-0.2, 0) is 42.6 Å². The summed E-state index contributed by atoms with van der Waals surface area (Å²) in [6, 6.07) is 0. The molecule has 2 saturated heterocycles. The maximum atomic E-state index is 12.2. The summed E-state index contributed by atoms with van der Waals surface area (Å²) in [6.45, 7) is 2.41. The van der Waals surface area contributed by atoms with Gasteiger partial charge in [0.2, 0.25) is 0 Å². The molecule has 14 nitrogen and oxygen atoms in total. The average molecular weight is 578 g/mol. The van der Waals surface area contributed by atoms with Crippen LogP contribution >= 0.6 is 5.69 Å². The summed E-state index contributed by atoms with van der Waals surface area (Å²) in [7, 11) is 0. The van der Waals surface area contributed by atoms with Crippen molar-refractivity contribution in [2.75, 3.05) is 13.2 Å². The van der Waals surface area contributed by atoms with Crippen molar-refractivity contribution in [3.63, 3.8) is 0 Å². The molecule has 4 rings (SSSR count). The number of nitrogens with zero attached hydrogens (tertiary/aromatic N) is 2. The van der Waals surface area contributed by atoms with Gasteiger partial charge in [-0.2, -0.15) is 0 Å². The Kier molecular flexibility index (Phi) is 8.43. The van der Waals surface area contributed by atoms with E-state index in [9.17, 15) is 29.4 Å². The average Bonchev–Trinajstić information content (AvgIpc) is 3.39. The normalized spacial score (nSPS) is 29.4. The number of aryl methyl sites for hydroxylation is 2. The summed E-state index contributed by atoms with van der Waals surface area (Å²) >= 11 is 10.7. The first-order valence-electron chi connectivity index (χ1n) is 11.3. The minimum Gasteiger partial charge on any atom is -0.691 e. The van der Waals surface area contributed by atoms with Crippen LogP contribution in [-0.4, -0.2) is 66.9 Å². The predicted molar refractivity (Wildman–Crippen MR) is 135 cm³/mol. The molecule has 204 valence electrons. The van der Waals surface area contributed by atoms with Crippen molar-refractivity contribution >= 4 is 29.7 Å². The Morgan fingerprint density at radius 1 is 1.03 bits per heavy atom. The van der Waals surface area contributed by atoms with Crippen molar-refractivity contribution in [2.45, 2.75) is 63.6 Å². The molecule has 7 atom stereocenters. The number of aromatic nitrogens is 4. The van der Waals surface area contributed by atoms with E-state index in [4.69, 9.17) is 42.6 Å². The second-order valence-corrected chi connectivity index (χ2v) is 13.8. The number of hydrogen-bond acceptors (Lipinski definition) is 12. The van der Waals surface area contributed by atoms with Crippen molar-refractivity contribution in [1.82, 2.24) is 19.1 Å². The van der Waals surface area contributed by atoms with Crippen LogP contribution in [0.4, 0.5) is 0 Å². The molecule has 37 heavy (non-hydrogen) atoms. The van der Waals surface area contributed by atoms with Gasteiger partial charge in [-0.15, -0.1) is 0 Å². The Balaban J connectivity index is 1.39. The lowest BCUT2D eigenvalue weighted by Gasteiger charge is -2.33. The molecule has 0 aliphatic carbocycles. The fourth-order valence-corrected chi connectivity index (χ4v) is 6.12. The van der Waals surface area contributed by atoms with Crippen LogP contribution in [0.25, 0.3) is 0 Å². The Morgan fingerprint density at radius 2 is 1.54 bits per heavy atom. The first-order chi connectivity index (χ1) is 17.4. The maximum Gasteiger partial charge on any atom is 0.330 e. The van der Waals surface area contributed by atoms with E-state index in [1.165, 1.54) is 35.4 Å². The van der Waals surface area contributed by atoms with Crippen LogP contribution in [0.2, 0.25) is 0 Å². The van der Waals surface area contributed by atoms with Gasteiger partial charge >= 0.3 is 11.4 Å². The van der Waals surface area contributed by atoms with Gasteiger partial charge in [-0.25, -0.2) is 9.59 Å². The fraction of sp³-hybridized carbons (Fsp3) is 0.600. The third kappa shape index (κ3) is 6.24. The van der Waals surface area contributed by atoms with E-state index >= 15 is 0 Å². The number of H-pyrrole nitrogens is 2. The van der Waals surface area contributed by atoms with Crippen LogP contribution < -0.4 is 22.5 Å². The SMILES string of the molecule is Cc1cn([C@H]2C[C@H](OP(=S)([S-])OC[C@H]3O[C@@H](n4cc(C)c(=O)[nH]c4=O)C[C@@H]3O)[C@@H](CO)O2)c(=O)[nH]c1=O. The monoisotopic (exact) mass is 577 g/mol. The minimum atomic E-state index is -3.36.